The Morgan fingerprint density at radius 2 is 1.58 bits per heavy atom. The molecule has 24 heavy (non-hydrogen) atoms. The summed E-state index contributed by atoms with van der Waals surface area (Å²) < 4.78 is 42.8. The van der Waals surface area contributed by atoms with Crippen LogP contribution in [0.4, 0.5) is 0 Å². The van der Waals surface area contributed by atoms with E-state index in [0.29, 0.717) is 17.2 Å². The van der Waals surface area contributed by atoms with Crippen molar-refractivity contribution in [1.82, 2.24) is 4.72 Å². The van der Waals surface area contributed by atoms with Crippen molar-refractivity contribution in [3.05, 3.63) is 48.0 Å². The molecule has 0 aliphatic rings. The van der Waals surface area contributed by atoms with Crippen LogP contribution in [0.5, 0.6) is 17.2 Å². The van der Waals surface area contributed by atoms with Gasteiger partial charge in [0.15, 0.2) is 0 Å². The molecular weight excluding hydrogens is 330 g/mol. The highest BCUT2D eigenvalue weighted by Gasteiger charge is 2.13. The van der Waals surface area contributed by atoms with Gasteiger partial charge < -0.3 is 14.2 Å². The van der Waals surface area contributed by atoms with E-state index in [9.17, 15) is 8.42 Å². The average Bonchev–Trinajstić information content (AvgIpc) is 2.58. The van der Waals surface area contributed by atoms with Crippen molar-refractivity contribution in [3.63, 3.8) is 0 Å². The second-order valence-corrected chi connectivity index (χ2v) is 6.88. The number of sulfonamides is 1. The normalized spacial score (nSPS) is 11.1. The van der Waals surface area contributed by atoms with Gasteiger partial charge in [-0.25, -0.2) is 13.1 Å². The quantitative estimate of drug-likeness (QED) is 0.739. The van der Waals surface area contributed by atoms with Crippen LogP contribution in [-0.4, -0.2) is 35.8 Å². The van der Waals surface area contributed by atoms with Crippen molar-refractivity contribution in [2.45, 2.75) is 11.8 Å². The number of ether oxygens (including phenoxy) is 3. The number of aryl methyl sites for hydroxylation is 1. The zero-order chi connectivity index (χ0) is 17.6. The molecule has 2 aromatic carbocycles. The average molecular weight is 351 g/mol. The van der Waals surface area contributed by atoms with Crippen LogP contribution in [0.15, 0.2) is 47.4 Å². The number of rotatable bonds is 8. The second kappa shape index (κ2) is 8.03. The number of hydrogen-bond donors (Lipinski definition) is 1. The molecule has 1 N–H and O–H groups in total. The Hall–Kier alpha value is -2.25. The van der Waals surface area contributed by atoms with Gasteiger partial charge in [0, 0.05) is 24.7 Å². The molecule has 2 aromatic rings. The van der Waals surface area contributed by atoms with Crippen molar-refractivity contribution in [2.24, 2.45) is 0 Å². The lowest BCUT2D eigenvalue weighted by Gasteiger charge is -2.11. The molecule has 0 fully saturated rings. The Bertz CT molecular complexity index is 767. The monoisotopic (exact) mass is 351 g/mol. The fraction of sp³-hybridized carbons (Fsp3) is 0.294. The van der Waals surface area contributed by atoms with Crippen LogP contribution in [0.3, 0.4) is 0 Å². The van der Waals surface area contributed by atoms with Gasteiger partial charge in [0.25, 0.3) is 0 Å². The van der Waals surface area contributed by atoms with Crippen LogP contribution in [0.2, 0.25) is 0 Å². The van der Waals surface area contributed by atoms with Crippen molar-refractivity contribution in [2.75, 3.05) is 27.4 Å². The van der Waals surface area contributed by atoms with Crippen molar-refractivity contribution >= 4 is 10.0 Å². The van der Waals surface area contributed by atoms with Crippen LogP contribution in [0.25, 0.3) is 0 Å². The van der Waals surface area contributed by atoms with Crippen LogP contribution < -0.4 is 18.9 Å². The summed E-state index contributed by atoms with van der Waals surface area (Å²) in [6, 6.07) is 11.9. The molecule has 0 spiro atoms. The maximum Gasteiger partial charge on any atom is 0.240 e. The largest absolute Gasteiger partial charge is 0.496 e. The summed E-state index contributed by atoms with van der Waals surface area (Å²) in [6.45, 7) is 2.18. The SMILES string of the molecule is COc1cc(OC)cc(OCCNS(=O)(=O)c2cccc(C)c2)c1. The lowest BCUT2D eigenvalue weighted by molar-refractivity contribution is 0.316. The highest BCUT2D eigenvalue weighted by atomic mass is 32.2. The summed E-state index contributed by atoms with van der Waals surface area (Å²) in [4.78, 5) is 0.241. The third-order valence-electron chi connectivity index (χ3n) is 3.29. The van der Waals surface area contributed by atoms with E-state index in [2.05, 4.69) is 4.72 Å². The molecule has 6 nitrogen and oxygen atoms in total. The van der Waals surface area contributed by atoms with E-state index in [1.54, 1.807) is 50.6 Å². The highest BCUT2D eigenvalue weighted by molar-refractivity contribution is 7.89. The summed E-state index contributed by atoms with van der Waals surface area (Å²) in [5.74, 6) is 1.75. The minimum absolute atomic E-state index is 0.149. The molecule has 0 radical (unpaired) electrons. The third-order valence-corrected chi connectivity index (χ3v) is 4.75. The Labute approximate surface area is 142 Å². The van der Waals surface area contributed by atoms with Gasteiger partial charge in [0.1, 0.15) is 23.9 Å². The number of hydrogen-bond acceptors (Lipinski definition) is 5. The van der Waals surface area contributed by atoms with E-state index in [1.165, 1.54) is 0 Å². The van der Waals surface area contributed by atoms with Crippen LogP contribution in [0, 0.1) is 6.92 Å². The van der Waals surface area contributed by atoms with Crippen molar-refractivity contribution < 1.29 is 22.6 Å². The predicted molar refractivity (Wildman–Crippen MR) is 91.4 cm³/mol. The lowest BCUT2D eigenvalue weighted by atomic mass is 10.2. The van der Waals surface area contributed by atoms with E-state index in [-0.39, 0.29) is 18.0 Å². The summed E-state index contributed by atoms with van der Waals surface area (Å²) in [6.07, 6.45) is 0. The smallest absolute Gasteiger partial charge is 0.240 e. The fourth-order valence-corrected chi connectivity index (χ4v) is 3.19. The molecule has 0 saturated carbocycles. The number of methoxy groups -OCH3 is 2. The van der Waals surface area contributed by atoms with E-state index in [4.69, 9.17) is 14.2 Å². The first-order valence-electron chi connectivity index (χ1n) is 7.37. The Morgan fingerprint density at radius 1 is 0.958 bits per heavy atom. The molecule has 0 unspecified atom stereocenters. The zero-order valence-electron chi connectivity index (χ0n) is 13.9. The van der Waals surface area contributed by atoms with E-state index in [1.807, 2.05) is 13.0 Å². The van der Waals surface area contributed by atoms with Crippen molar-refractivity contribution in [1.29, 1.82) is 0 Å². The molecule has 130 valence electrons. The molecule has 0 atom stereocenters. The molecule has 2 rings (SSSR count). The number of benzene rings is 2. The van der Waals surface area contributed by atoms with Gasteiger partial charge in [-0.05, 0) is 24.6 Å². The fourth-order valence-electron chi connectivity index (χ4n) is 2.08. The first-order valence-corrected chi connectivity index (χ1v) is 8.85. The summed E-state index contributed by atoms with van der Waals surface area (Å²) in [7, 11) is -0.442. The summed E-state index contributed by atoms with van der Waals surface area (Å²) in [5.41, 5.74) is 0.887. The molecule has 0 saturated heterocycles. The first kappa shape index (κ1) is 18.1. The molecule has 7 heteroatoms. The Morgan fingerprint density at radius 3 is 2.17 bits per heavy atom. The van der Waals surface area contributed by atoms with Crippen molar-refractivity contribution in [3.8, 4) is 17.2 Å². The van der Waals surface area contributed by atoms with Gasteiger partial charge in [0.2, 0.25) is 10.0 Å². The first-order chi connectivity index (χ1) is 11.4. The standard InChI is InChI=1S/C17H21NO5S/c1-13-5-4-6-17(9-13)24(19,20)18-7-8-23-16-11-14(21-2)10-15(12-16)22-3/h4-6,9-12,18H,7-8H2,1-3H3. The van der Waals surface area contributed by atoms with Gasteiger partial charge in [-0.2, -0.15) is 0 Å². The van der Waals surface area contributed by atoms with E-state index in [0.717, 1.165) is 5.56 Å². The molecule has 0 bridgehead atoms. The number of nitrogens with one attached hydrogen (secondary N) is 1. The van der Waals surface area contributed by atoms with Gasteiger partial charge in [0.05, 0.1) is 19.1 Å². The van der Waals surface area contributed by atoms with Crippen LogP contribution in [-0.2, 0) is 10.0 Å². The highest BCUT2D eigenvalue weighted by Crippen LogP contribution is 2.27. The molecule has 0 amide bonds. The molecule has 0 heterocycles. The third kappa shape index (κ3) is 4.87. The van der Waals surface area contributed by atoms with Gasteiger partial charge in [-0.15, -0.1) is 0 Å². The Balaban J connectivity index is 1.93. The van der Waals surface area contributed by atoms with E-state index >= 15 is 0 Å². The topological polar surface area (TPSA) is 73.9 Å². The molecular formula is C17H21NO5S. The minimum Gasteiger partial charge on any atom is -0.496 e. The van der Waals surface area contributed by atoms with Crippen LogP contribution >= 0.6 is 0 Å². The van der Waals surface area contributed by atoms with Gasteiger partial charge >= 0.3 is 0 Å². The summed E-state index contributed by atoms with van der Waals surface area (Å²) in [5, 5.41) is 0. The molecule has 0 aromatic heterocycles. The Kier molecular flexibility index (Phi) is 6.05. The maximum absolute atomic E-state index is 12.2. The van der Waals surface area contributed by atoms with Crippen LogP contribution in [0.1, 0.15) is 5.56 Å². The molecule has 0 aliphatic carbocycles. The van der Waals surface area contributed by atoms with Gasteiger partial charge in [-0.1, -0.05) is 12.1 Å². The minimum atomic E-state index is -3.54. The van der Waals surface area contributed by atoms with Gasteiger partial charge in [-0.3, -0.25) is 0 Å². The molecule has 0 aliphatic heterocycles. The predicted octanol–water partition coefficient (Wildman–Crippen LogP) is 2.37. The maximum atomic E-state index is 12.2. The lowest BCUT2D eigenvalue weighted by Crippen LogP contribution is -2.28. The van der Waals surface area contributed by atoms with E-state index < -0.39 is 10.0 Å². The summed E-state index contributed by atoms with van der Waals surface area (Å²) >= 11 is 0. The second-order valence-electron chi connectivity index (χ2n) is 5.11. The zero-order valence-corrected chi connectivity index (χ0v) is 14.7.